The number of likely N-dealkylation sites (N-methyl/N-ethyl adjacent to an activating group) is 1. The van der Waals surface area contributed by atoms with Crippen molar-refractivity contribution in [1.82, 2.24) is 4.90 Å². The molecule has 0 unspecified atom stereocenters. The molecule has 0 saturated carbocycles. The highest BCUT2D eigenvalue weighted by atomic mass is 16.5. The van der Waals surface area contributed by atoms with Crippen LogP contribution < -0.4 is 10.4 Å². The number of carbonyl (C=O) groups excluding carboxylic acids is 1. The maximum atomic E-state index is 12.1. The fourth-order valence-corrected chi connectivity index (χ4v) is 2.18. The lowest BCUT2D eigenvalue weighted by Crippen LogP contribution is -2.35. The van der Waals surface area contributed by atoms with Crippen LogP contribution in [0.5, 0.6) is 5.75 Å². The first-order valence-corrected chi connectivity index (χ1v) is 7.58. The summed E-state index contributed by atoms with van der Waals surface area (Å²) in [7, 11) is 0. The molecular weight excluding hydrogens is 282 g/mol. The SMILES string of the molecule is CCCCN(CC)C(=O)COc1ccc2ccc(=O)oc2c1. The summed E-state index contributed by atoms with van der Waals surface area (Å²) in [6, 6.07) is 8.26. The molecule has 0 N–H and O–H groups in total. The molecule has 22 heavy (non-hydrogen) atoms. The number of fused-ring (bicyclic) bond motifs is 1. The van der Waals surface area contributed by atoms with Gasteiger partial charge in [0, 0.05) is 30.6 Å². The van der Waals surface area contributed by atoms with Gasteiger partial charge in [0.05, 0.1) is 0 Å². The quantitative estimate of drug-likeness (QED) is 0.738. The number of amides is 1. The van der Waals surface area contributed by atoms with E-state index in [1.165, 1.54) is 6.07 Å². The Bertz CT molecular complexity index is 692. The third-order valence-corrected chi connectivity index (χ3v) is 3.47. The minimum absolute atomic E-state index is 0.0138. The van der Waals surface area contributed by atoms with E-state index < -0.39 is 5.63 Å². The van der Waals surface area contributed by atoms with Gasteiger partial charge in [0.2, 0.25) is 0 Å². The predicted molar refractivity (Wildman–Crippen MR) is 85.1 cm³/mol. The molecule has 5 nitrogen and oxygen atoms in total. The number of ether oxygens (including phenoxy) is 1. The molecule has 0 bridgehead atoms. The molecule has 1 aromatic carbocycles. The Morgan fingerprint density at radius 3 is 2.73 bits per heavy atom. The summed E-state index contributed by atoms with van der Waals surface area (Å²) < 4.78 is 10.6. The number of hydrogen-bond acceptors (Lipinski definition) is 4. The molecule has 1 heterocycles. The van der Waals surface area contributed by atoms with Crippen molar-refractivity contribution in [3.8, 4) is 5.75 Å². The van der Waals surface area contributed by atoms with Crippen molar-refractivity contribution >= 4 is 16.9 Å². The topological polar surface area (TPSA) is 59.8 Å². The third-order valence-electron chi connectivity index (χ3n) is 3.47. The van der Waals surface area contributed by atoms with Crippen LogP contribution >= 0.6 is 0 Å². The van der Waals surface area contributed by atoms with Crippen LogP contribution in [0.1, 0.15) is 26.7 Å². The van der Waals surface area contributed by atoms with Crippen molar-refractivity contribution in [3.05, 3.63) is 40.8 Å². The van der Waals surface area contributed by atoms with E-state index in [1.54, 1.807) is 29.2 Å². The molecule has 0 saturated heterocycles. The summed E-state index contributed by atoms with van der Waals surface area (Å²) in [5, 5.41) is 0.816. The molecule has 1 aromatic heterocycles. The first-order chi connectivity index (χ1) is 10.6. The molecule has 118 valence electrons. The number of rotatable bonds is 7. The normalized spacial score (nSPS) is 10.6. The van der Waals surface area contributed by atoms with Crippen molar-refractivity contribution in [2.45, 2.75) is 26.7 Å². The Labute approximate surface area is 129 Å². The van der Waals surface area contributed by atoms with Gasteiger partial charge in [0.1, 0.15) is 11.3 Å². The maximum Gasteiger partial charge on any atom is 0.336 e. The molecule has 0 aliphatic rings. The fraction of sp³-hybridized carbons (Fsp3) is 0.412. The van der Waals surface area contributed by atoms with Gasteiger partial charge < -0.3 is 14.1 Å². The second-order valence-corrected chi connectivity index (χ2v) is 5.07. The first-order valence-electron chi connectivity index (χ1n) is 7.58. The van der Waals surface area contributed by atoms with Crippen molar-refractivity contribution in [2.75, 3.05) is 19.7 Å². The molecule has 1 amide bonds. The van der Waals surface area contributed by atoms with Gasteiger partial charge in [-0.1, -0.05) is 13.3 Å². The van der Waals surface area contributed by atoms with Gasteiger partial charge in [-0.15, -0.1) is 0 Å². The Morgan fingerprint density at radius 1 is 1.23 bits per heavy atom. The zero-order valence-electron chi connectivity index (χ0n) is 13.0. The monoisotopic (exact) mass is 303 g/mol. The van der Waals surface area contributed by atoms with E-state index in [4.69, 9.17) is 9.15 Å². The van der Waals surface area contributed by atoms with Gasteiger partial charge in [-0.05, 0) is 31.5 Å². The van der Waals surface area contributed by atoms with E-state index in [-0.39, 0.29) is 12.5 Å². The minimum atomic E-state index is -0.405. The summed E-state index contributed by atoms with van der Waals surface area (Å²) in [6.07, 6.45) is 2.04. The van der Waals surface area contributed by atoms with E-state index >= 15 is 0 Å². The van der Waals surface area contributed by atoms with Crippen molar-refractivity contribution in [2.24, 2.45) is 0 Å². The number of benzene rings is 1. The van der Waals surface area contributed by atoms with Gasteiger partial charge in [0.25, 0.3) is 5.91 Å². The molecular formula is C17H21NO4. The van der Waals surface area contributed by atoms with Gasteiger partial charge in [-0.25, -0.2) is 4.79 Å². The van der Waals surface area contributed by atoms with E-state index in [0.29, 0.717) is 17.9 Å². The molecule has 0 spiro atoms. The van der Waals surface area contributed by atoms with Crippen LogP contribution in [0.4, 0.5) is 0 Å². The van der Waals surface area contributed by atoms with Gasteiger partial charge in [-0.3, -0.25) is 4.79 Å². The van der Waals surface area contributed by atoms with Crippen LogP contribution in [0.3, 0.4) is 0 Å². The summed E-state index contributed by atoms with van der Waals surface area (Å²) >= 11 is 0. The number of nitrogens with zero attached hydrogens (tertiary/aromatic N) is 1. The second-order valence-electron chi connectivity index (χ2n) is 5.07. The van der Waals surface area contributed by atoms with E-state index in [2.05, 4.69) is 6.92 Å². The minimum Gasteiger partial charge on any atom is -0.484 e. The van der Waals surface area contributed by atoms with Gasteiger partial charge in [0.15, 0.2) is 6.61 Å². The molecule has 2 rings (SSSR count). The highest BCUT2D eigenvalue weighted by Gasteiger charge is 2.12. The lowest BCUT2D eigenvalue weighted by molar-refractivity contribution is -0.133. The Morgan fingerprint density at radius 2 is 2.00 bits per heavy atom. The molecule has 0 aliphatic carbocycles. The van der Waals surface area contributed by atoms with E-state index in [0.717, 1.165) is 24.8 Å². The lowest BCUT2D eigenvalue weighted by Gasteiger charge is -2.20. The lowest BCUT2D eigenvalue weighted by atomic mass is 10.2. The van der Waals surface area contributed by atoms with Crippen LogP contribution in [0, 0.1) is 0 Å². The standard InChI is InChI=1S/C17H21NO4/c1-3-5-10-18(4-2)16(19)12-21-14-8-6-13-7-9-17(20)22-15(13)11-14/h6-9,11H,3-5,10,12H2,1-2H3. The molecule has 0 aliphatic heterocycles. The second kappa shape index (κ2) is 7.64. The molecule has 0 radical (unpaired) electrons. The molecule has 0 fully saturated rings. The highest BCUT2D eigenvalue weighted by Crippen LogP contribution is 2.19. The summed E-state index contributed by atoms with van der Waals surface area (Å²) in [4.78, 5) is 25.1. The summed E-state index contributed by atoms with van der Waals surface area (Å²) in [5.41, 5.74) is 0.0493. The van der Waals surface area contributed by atoms with Crippen LogP contribution in [0.2, 0.25) is 0 Å². The zero-order chi connectivity index (χ0) is 15.9. The van der Waals surface area contributed by atoms with Gasteiger partial charge >= 0.3 is 5.63 Å². The van der Waals surface area contributed by atoms with Gasteiger partial charge in [-0.2, -0.15) is 0 Å². The molecule has 5 heteroatoms. The third kappa shape index (κ3) is 4.10. The largest absolute Gasteiger partial charge is 0.484 e. The van der Waals surface area contributed by atoms with Crippen LogP contribution in [0.25, 0.3) is 11.0 Å². The summed E-state index contributed by atoms with van der Waals surface area (Å²) in [5.74, 6) is 0.479. The predicted octanol–water partition coefficient (Wildman–Crippen LogP) is 2.82. The van der Waals surface area contributed by atoms with E-state index in [9.17, 15) is 9.59 Å². The zero-order valence-corrected chi connectivity index (χ0v) is 13.0. The number of carbonyl (C=O) groups is 1. The molecule has 2 aromatic rings. The maximum absolute atomic E-state index is 12.1. The summed E-state index contributed by atoms with van der Waals surface area (Å²) in [6.45, 7) is 5.46. The van der Waals surface area contributed by atoms with Crippen molar-refractivity contribution in [3.63, 3.8) is 0 Å². The van der Waals surface area contributed by atoms with Crippen LogP contribution in [-0.4, -0.2) is 30.5 Å². The average molecular weight is 303 g/mol. The van der Waals surface area contributed by atoms with Crippen molar-refractivity contribution in [1.29, 1.82) is 0 Å². The fourth-order valence-electron chi connectivity index (χ4n) is 2.18. The molecule has 0 atom stereocenters. The van der Waals surface area contributed by atoms with Crippen molar-refractivity contribution < 1.29 is 13.9 Å². The van der Waals surface area contributed by atoms with E-state index in [1.807, 2.05) is 6.92 Å². The number of hydrogen-bond donors (Lipinski definition) is 0. The van der Waals surface area contributed by atoms with Crippen LogP contribution in [0.15, 0.2) is 39.5 Å². The average Bonchev–Trinajstić information content (AvgIpc) is 2.53. The number of unbranched alkanes of at least 4 members (excludes halogenated alkanes) is 1. The Balaban J connectivity index is 2.01. The van der Waals surface area contributed by atoms with Crippen LogP contribution in [-0.2, 0) is 4.79 Å². The smallest absolute Gasteiger partial charge is 0.336 e. The highest BCUT2D eigenvalue weighted by molar-refractivity contribution is 5.79. The Hall–Kier alpha value is -2.30. The Kier molecular flexibility index (Phi) is 5.58. The first kappa shape index (κ1) is 16.1.